The molecule has 0 aliphatic heterocycles. The third-order valence-electron chi connectivity index (χ3n) is 3.84. The standard InChI is InChI=1S/C18H18N4O6S/c1-3-11(2)28-16-6-4-13(5-7-16)19-18(29)20-17(23)12-8-14(21(24)25)10-15(9-12)22(26)27/h4-11H,3H2,1-2H3,(H2,19,20,23,29). The second kappa shape index (κ2) is 9.55. The van der Waals surface area contributed by atoms with E-state index >= 15 is 0 Å². The van der Waals surface area contributed by atoms with Crippen molar-refractivity contribution < 1.29 is 19.4 Å². The van der Waals surface area contributed by atoms with E-state index in [2.05, 4.69) is 10.6 Å². The number of nitro benzene ring substituents is 2. The van der Waals surface area contributed by atoms with Gasteiger partial charge >= 0.3 is 0 Å². The van der Waals surface area contributed by atoms with Gasteiger partial charge in [-0.3, -0.25) is 30.3 Å². The zero-order chi connectivity index (χ0) is 21.6. The average Bonchev–Trinajstić information content (AvgIpc) is 2.68. The molecular formula is C18H18N4O6S. The molecule has 0 aliphatic rings. The minimum absolute atomic E-state index is 0.0697. The van der Waals surface area contributed by atoms with Gasteiger partial charge in [0.2, 0.25) is 0 Å². The first-order chi connectivity index (χ1) is 13.7. The number of nitrogens with one attached hydrogen (secondary N) is 2. The molecule has 10 nitrogen and oxygen atoms in total. The molecule has 0 spiro atoms. The van der Waals surface area contributed by atoms with Crippen LogP contribution in [0.1, 0.15) is 30.6 Å². The molecule has 152 valence electrons. The zero-order valence-electron chi connectivity index (χ0n) is 15.6. The molecule has 1 atom stereocenters. The van der Waals surface area contributed by atoms with Crippen molar-refractivity contribution in [1.29, 1.82) is 0 Å². The fourth-order valence-electron chi connectivity index (χ4n) is 2.21. The summed E-state index contributed by atoms with van der Waals surface area (Å²) in [5.74, 6) is -0.130. The second-order valence-corrected chi connectivity index (χ2v) is 6.43. The first-order valence-electron chi connectivity index (χ1n) is 8.52. The molecule has 0 heterocycles. The number of anilines is 1. The van der Waals surface area contributed by atoms with E-state index in [9.17, 15) is 25.0 Å². The Kier molecular flexibility index (Phi) is 7.15. The molecule has 2 aromatic carbocycles. The topological polar surface area (TPSA) is 137 Å². The fourth-order valence-corrected chi connectivity index (χ4v) is 2.42. The first kappa shape index (κ1) is 21.7. The first-order valence-corrected chi connectivity index (χ1v) is 8.93. The SMILES string of the molecule is CCC(C)Oc1ccc(NC(=S)NC(=O)c2cc([N+](=O)[O-])cc([N+](=O)[O-])c2)cc1. The number of non-ortho nitro benzene ring substituents is 2. The van der Waals surface area contributed by atoms with Gasteiger partial charge in [0.15, 0.2) is 5.11 Å². The number of thiocarbonyl (C=S) groups is 1. The Bertz CT molecular complexity index is 916. The van der Waals surface area contributed by atoms with Crippen LogP contribution in [0.4, 0.5) is 17.1 Å². The van der Waals surface area contributed by atoms with Crippen LogP contribution >= 0.6 is 12.2 Å². The van der Waals surface area contributed by atoms with Crippen LogP contribution in [0.5, 0.6) is 5.75 Å². The van der Waals surface area contributed by atoms with E-state index in [1.54, 1.807) is 24.3 Å². The lowest BCUT2D eigenvalue weighted by molar-refractivity contribution is -0.394. The van der Waals surface area contributed by atoms with Crippen LogP contribution in [0.15, 0.2) is 42.5 Å². The van der Waals surface area contributed by atoms with Crippen LogP contribution in [0, 0.1) is 20.2 Å². The predicted molar refractivity (Wildman–Crippen MR) is 110 cm³/mol. The van der Waals surface area contributed by atoms with Crippen molar-refractivity contribution in [3.05, 3.63) is 68.3 Å². The van der Waals surface area contributed by atoms with Crippen molar-refractivity contribution in [2.75, 3.05) is 5.32 Å². The average molecular weight is 418 g/mol. The van der Waals surface area contributed by atoms with Crippen LogP contribution < -0.4 is 15.4 Å². The van der Waals surface area contributed by atoms with Gasteiger partial charge in [0.05, 0.1) is 27.6 Å². The molecule has 0 saturated heterocycles. The Morgan fingerprint density at radius 2 is 1.66 bits per heavy atom. The third kappa shape index (κ3) is 6.21. The minimum atomic E-state index is -0.816. The van der Waals surface area contributed by atoms with Gasteiger partial charge in [0, 0.05) is 17.8 Å². The van der Waals surface area contributed by atoms with Gasteiger partial charge in [-0.05, 0) is 49.8 Å². The number of nitrogens with zero attached hydrogens (tertiary/aromatic N) is 2. The number of hydrogen-bond donors (Lipinski definition) is 2. The maximum Gasteiger partial charge on any atom is 0.277 e. The Labute approximate surface area is 171 Å². The quantitative estimate of drug-likeness (QED) is 0.393. The molecule has 11 heteroatoms. The molecule has 0 radical (unpaired) electrons. The Balaban J connectivity index is 2.06. The van der Waals surface area contributed by atoms with Crippen molar-refractivity contribution in [1.82, 2.24) is 5.32 Å². The van der Waals surface area contributed by atoms with Crippen molar-refractivity contribution >= 4 is 40.3 Å². The molecule has 2 aromatic rings. The van der Waals surface area contributed by atoms with E-state index < -0.39 is 27.1 Å². The summed E-state index contributed by atoms with van der Waals surface area (Å²) in [6, 6.07) is 9.53. The molecule has 0 bridgehead atoms. The van der Waals surface area contributed by atoms with Crippen LogP contribution in [0.3, 0.4) is 0 Å². The maximum atomic E-state index is 12.3. The molecule has 1 unspecified atom stereocenters. The summed E-state index contributed by atoms with van der Waals surface area (Å²) in [5.41, 5.74) is -0.815. The largest absolute Gasteiger partial charge is 0.491 e. The van der Waals surface area contributed by atoms with Crippen molar-refractivity contribution in [2.24, 2.45) is 0 Å². The minimum Gasteiger partial charge on any atom is -0.491 e. The fraction of sp³-hybridized carbons (Fsp3) is 0.222. The number of amides is 1. The zero-order valence-corrected chi connectivity index (χ0v) is 16.4. The number of carbonyl (C=O) groups is 1. The van der Waals surface area contributed by atoms with E-state index in [4.69, 9.17) is 17.0 Å². The maximum absolute atomic E-state index is 12.3. The lowest BCUT2D eigenvalue weighted by atomic mass is 10.1. The lowest BCUT2D eigenvalue weighted by Gasteiger charge is -2.13. The van der Waals surface area contributed by atoms with Gasteiger partial charge < -0.3 is 10.1 Å². The number of nitro groups is 2. The van der Waals surface area contributed by atoms with Gasteiger partial charge in [-0.25, -0.2) is 0 Å². The summed E-state index contributed by atoms with van der Waals surface area (Å²) in [4.78, 5) is 32.5. The van der Waals surface area contributed by atoms with Crippen molar-refractivity contribution in [3.63, 3.8) is 0 Å². The highest BCUT2D eigenvalue weighted by molar-refractivity contribution is 7.80. The highest BCUT2D eigenvalue weighted by Gasteiger charge is 2.20. The second-order valence-electron chi connectivity index (χ2n) is 6.02. The molecule has 29 heavy (non-hydrogen) atoms. The third-order valence-corrected chi connectivity index (χ3v) is 4.04. The summed E-state index contributed by atoms with van der Waals surface area (Å²) < 4.78 is 5.67. The van der Waals surface area contributed by atoms with Crippen LogP contribution in [-0.2, 0) is 0 Å². The summed E-state index contributed by atoms with van der Waals surface area (Å²) in [6.45, 7) is 3.97. The summed E-state index contributed by atoms with van der Waals surface area (Å²) >= 11 is 5.06. The number of carbonyl (C=O) groups excluding carboxylic acids is 1. The number of rotatable bonds is 7. The van der Waals surface area contributed by atoms with Gasteiger partial charge in [-0.15, -0.1) is 0 Å². The van der Waals surface area contributed by atoms with E-state index in [0.717, 1.165) is 24.6 Å². The Morgan fingerprint density at radius 1 is 1.10 bits per heavy atom. The van der Waals surface area contributed by atoms with Crippen LogP contribution in [0.25, 0.3) is 0 Å². The van der Waals surface area contributed by atoms with E-state index in [1.165, 1.54) is 0 Å². The van der Waals surface area contributed by atoms with Crippen LogP contribution in [-0.4, -0.2) is 27.0 Å². The predicted octanol–water partition coefficient (Wildman–Crippen LogP) is 3.81. The van der Waals surface area contributed by atoms with Gasteiger partial charge in [-0.1, -0.05) is 6.92 Å². The molecule has 2 rings (SSSR count). The van der Waals surface area contributed by atoms with Gasteiger partial charge in [-0.2, -0.15) is 0 Å². The molecule has 1 amide bonds. The lowest BCUT2D eigenvalue weighted by Crippen LogP contribution is -2.34. The van der Waals surface area contributed by atoms with Crippen molar-refractivity contribution in [2.45, 2.75) is 26.4 Å². The molecule has 0 saturated carbocycles. The van der Waals surface area contributed by atoms with Crippen LogP contribution in [0.2, 0.25) is 0 Å². The summed E-state index contributed by atoms with van der Waals surface area (Å²) in [5, 5.41) is 26.9. The highest BCUT2D eigenvalue weighted by atomic mass is 32.1. The molecule has 0 aliphatic carbocycles. The molecule has 0 aromatic heterocycles. The van der Waals surface area contributed by atoms with Gasteiger partial charge in [0.1, 0.15) is 5.75 Å². The summed E-state index contributed by atoms with van der Waals surface area (Å²) in [6.07, 6.45) is 0.944. The van der Waals surface area contributed by atoms with Crippen molar-refractivity contribution in [3.8, 4) is 5.75 Å². The van der Waals surface area contributed by atoms with E-state index in [-0.39, 0.29) is 16.8 Å². The smallest absolute Gasteiger partial charge is 0.277 e. The normalized spacial score (nSPS) is 11.2. The molecule has 2 N–H and O–H groups in total. The van der Waals surface area contributed by atoms with Gasteiger partial charge in [0.25, 0.3) is 17.3 Å². The van der Waals surface area contributed by atoms with E-state index in [1.807, 2.05) is 13.8 Å². The highest BCUT2D eigenvalue weighted by Crippen LogP contribution is 2.23. The molecule has 0 fully saturated rings. The number of hydrogen-bond acceptors (Lipinski definition) is 7. The Morgan fingerprint density at radius 3 is 2.14 bits per heavy atom. The monoisotopic (exact) mass is 418 g/mol. The molecular weight excluding hydrogens is 400 g/mol. The Hall–Kier alpha value is -3.60. The number of benzene rings is 2. The van der Waals surface area contributed by atoms with E-state index in [0.29, 0.717) is 11.4 Å². The summed E-state index contributed by atoms with van der Waals surface area (Å²) in [7, 11) is 0. The number of ether oxygens (including phenoxy) is 1.